The van der Waals surface area contributed by atoms with Crippen LogP contribution in [0.2, 0.25) is 0 Å². The maximum Gasteiger partial charge on any atom is 0.141 e. The number of rotatable bonds is 5. The summed E-state index contributed by atoms with van der Waals surface area (Å²) in [5.74, 6) is 0.831. The molecule has 1 fully saturated rings. The zero-order chi connectivity index (χ0) is 24.6. The molecular weight excluding hydrogens is 482 g/mol. The van der Waals surface area contributed by atoms with Gasteiger partial charge in [-0.15, -0.1) is 12.4 Å². The van der Waals surface area contributed by atoms with Gasteiger partial charge in [0.05, 0.1) is 22.9 Å². The van der Waals surface area contributed by atoms with E-state index in [1.807, 2.05) is 13.4 Å². The van der Waals surface area contributed by atoms with Crippen LogP contribution in [0.5, 0.6) is 0 Å². The average Bonchev–Trinajstić information content (AvgIpc) is 3.26. The van der Waals surface area contributed by atoms with Gasteiger partial charge in [0.25, 0.3) is 0 Å². The van der Waals surface area contributed by atoms with Gasteiger partial charge in [0.1, 0.15) is 12.1 Å². The van der Waals surface area contributed by atoms with Gasteiger partial charge in [0, 0.05) is 49.5 Å². The molecule has 1 atom stereocenters. The van der Waals surface area contributed by atoms with Gasteiger partial charge in [-0.2, -0.15) is 0 Å². The highest BCUT2D eigenvalue weighted by atomic mass is 35.5. The number of nitrogens with zero attached hydrogens (tertiary/aromatic N) is 5. The van der Waals surface area contributed by atoms with Gasteiger partial charge >= 0.3 is 0 Å². The van der Waals surface area contributed by atoms with E-state index in [1.54, 1.807) is 6.33 Å². The molecule has 2 aromatic heterocycles. The van der Waals surface area contributed by atoms with Crippen LogP contribution in [0.25, 0.3) is 21.9 Å². The van der Waals surface area contributed by atoms with E-state index in [9.17, 15) is 0 Å². The smallest absolute Gasteiger partial charge is 0.141 e. The Morgan fingerprint density at radius 2 is 1.89 bits per heavy atom. The van der Waals surface area contributed by atoms with Gasteiger partial charge in [0.15, 0.2) is 0 Å². The summed E-state index contributed by atoms with van der Waals surface area (Å²) in [5.41, 5.74) is 9.19. The van der Waals surface area contributed by atoms with Crippen molar-refractivity contribution in [3.05, 3.63) is 83.9 Å². The zero-order valence-corrected chi connectivity index (χ0v) is 22.2. The van der Waals surface area contributed by atoms with E-state index >= 15 is 0 Å². The monoisotopic (exact) mass is 513 g/mol. The van der Waals surface area contributed by atoms with Gasteiger partial charge in [-0.3, -0.25) is 0 Å². The molecule has 2 N–H and O–H groups in total. The minimum atomic E-state index is 0. The molecule has 6 rings (SSSR count). The maximum absolute atomic E-state index is 4.60. The van der Waals surface area contributed by atoms with Crippen LogP contribution in [-0.2, 0) is 13.5 Å². The van der Waals surface area contributed by atoms with Crippen molar-refractivity contribution >= 4 is 51.5 Å². The van der Waals surface area contributed by atoms with Gasteiger partial charge in [0.2, 0.25) is 0 Å². The van der Waals surface area contributed by atoms with E-state index in [0.29, 0.717) is 6.04 Å². The van der Waals surface area contributed by atoms with E-state index in [4.69, 9.17) is 0 Å². The number of fused-ring (bicyclic) bond motifs is 2. The summed E-state index contributed by atoms with van der Waals surface area (Å²) in [6.45, 7) is 7.42. The Balaban J connectivity index is 0.00000280. The molecule has 3 aromatic carbocycles. The molecule has 1 aliphatic rings. The number of aryl methyl sites for hydroxylation is 2. The predicted molar refractivity (Wildman–Crippen MR) is 154 cm³/mol. The molecular formula is C29H32ClN7. The predicted octanol–water partition coefficient (Wildman–Crippen LogP) is 5.38. The number of aromatic nitrogens is 4. The molecule has 3 heterocycles. The molecule has 7 nitrogen and oxygen atoms in total. The molecule has 8 heteroatoms. The summed E-state index contributed by atoms with van der Waals surface area (Å²) >= 11 is 0. The Kier molecular flexibility index (Phi) is 7.00. The lowest BCUT2D eigenvalue weighted by atomic mass is 9.99. The highest BCUT2D eigenvalue weighted by Gasteiger charge is 2.19. The fourth-order valence-electron chi connectivity index (χ4n) is 5.17. The lowest BCUT2D eigenvalue weighted by Gasteiger charge is -2.36. The maximum atomic E-state index is 4.60. The van der Waals surface area contributed by atoms with Crippen molar-refractivity contribution < 1.29 is 0 Å². The molecule has 0 unspecified atom stereocenters. The molecule has 0 saturated carbocycles. The van der Waals surface area contributed by atoms with Crippen LogP contribution in [-0.4, -0.2) is 45.2 Å². The van der Waals surface area contributed by atoms with Crippen LogP contribution < -0.4 is 15.5 Å². The third kappa shape index (κ3) is 4.97. The Morgan fingerprint density at radius 3 is 2.73 bits per heavy atom. The molecule has 0 radical (unpaired) electrons. The van der Waals surface area contributed by atoms with E-state index in [0.717, 1.165) is 59.5 Å². The molecule has 0 spiro atoms. The van der Waals surface area contributed by atoms with Crippen LogP contribution in [0.15, 0.2) is 67.3 Å². The van der Waals surface area contributed by atoms with Crippen LogP contribution in [0, 0.1) is 6.92 Å². The van der Waals surface area contributed by atoms with Gasteiger partial charge < -0.3 is 20.1 Å². The first-order valence-corrected chi connectivity index (χ1v) is 12.5. The summed E-state index contributed by atoms with van der Waals surface area (Å²) in [7, 11) is 2.03. The Labute approximate surface area is 223 Å². The summed E-state index contributed by atoms with van der Waals surface area (Å²) in [4.78, 5) is 16.1. The number of hydrogen-bond donors (Lipinski definition) is 2. The summed E-state index contributed by atoms with van der Waals surface area (Å²) in [5, 5.41) is 8.05. The normalized spacial score (nSPS) is 15.6. The molecule has 0 amide bonds. The fourth-order valence-corrected chi connectivity index (χ4v) is 5.17. The molecule has 1 saturated heterocycles. The third-order valence-electron chi connectivity index (χ3n) is 7.24. The first kappa shape index (κ1) is 25.0. The quantitative estimate of drug-likeness (QED) is 0.329. The summed E-state index contributed by atoms with van der Waals surface area (Å²) in [6, 6.07) is 20.0. The molecule has 5 aromatic rings. The third-order valence-corrected chi connectivity index (χ3v) is 7.24. The highest BCUT2D eigenvalue weighted by Crippen LogP contribution is 2.29. The SMILES string of the molecule is Cc1cc(Nc2ncnc3ccc(N4CCNC[C@@H]4C)cc23)ccc1Cc1ccc2c(c1)ncn2C.Cl. The second-order valence-electron chi connectivity index (χ2n) is 9.79. The topological polar surface area (TPSA) is 70.9 Å². The van der Waals surface area contributed by atoms with Crippen LogP contribution in [0.1, 0.15) is 23.6 Å². The second kappa shape index (κ2) is 10.4. The Morgan fingerprint density at radius 1 is 1.00 bits per heavy atom. The first-order chi connectivity index (χ1) is 17.5. The second-order valence-corrected chi connectivity index (χ2v) is 9.79. The zero-order valence-electron chi connectivity index (χ0n) is 21.4. The number of hydrogen-bond acceptors (Lipinski definition) is 6. The molecule has 1 aliphatic heterocycles. The molecule has 37 heavy (non-hydrogen) atoms. The standard InChI is InChI=1S/C29H31N7.ClH/c1-19-12-23(6-5-22(19)13-21-4-9-28-27(14-21)33-18-35(28)3)34-29-25-15-24(7-8-26(25)31-17-32-29)36-11-10-30-16-20(36)2;/h4-9,12,14-15,17-18,20,30H,10-11,13,16H2,1-3H3,(H,31,32,34);1H/t20-;/m0./s1. The van der Waals surface area contributed by atoms with Crippen molar-refractivity contribution in [3.8, 4) is 0 Å². The molecule has 190 valence electrons. The van der Waals surface area contributed by atoms with E-state index in [-0.39, 0.29) is 12.4 Å². The summed E-state index contributed by atoms with van der Waals surface area (Å²) < 4.78 is 2.05. The number of benzene rings is 3. The van der Waals surface area contributed by atoms with Crippen molar-refractivity contribution in [3.63, 3.8) is 0 Å². The Hall–Kier alpha value is -3.68. The molecule has 0 aliphatic carbocycles. The molecule has 0 bridgehead atoms. The average molecular weight is 514 g/mol. The number of halogens is 1. The van der Waals surface area contributed by atoms with Crippen molar-refractivity contribution in [2.75, 3.05) is 29.9 Å². The first-order valence-electron chi connectivity index (χ1n) is 12.5. The minimum absolute atomic E-state index is 0. The van der Waals surface area contributed by atoms with Crippen molar-refractivity contribution in [1.82, 2.24) is 24.8 Å². The van der Waals surface area contributed by atoms with Crippen LogP contribution in [0.3, 0.4) is 0 Å². The Bertz CT molecular complexity index is 1560. The van der Waals surface area contributed by atoms with Crippen molar-refractivity contribution in [1.29, 1.82) is 0 Å². The van der Waals surface area contributed by atoms with Crippen LogP contribution >= 0.6 is 12.4 Å². The highest BCUT2D eigenvalue weighted by molar-refractivity contribution is 5.93. The van der Waals surface area contributed by atoms with Crippen LogP contribution in [0.4, 0.5) is 17.2 Å². The van der Waals surface area contributed by atoms with Gasteiger partial charge in [-0.25, -0.2) is 15.0 Å². The van der Waals surface area contributed by atoms with Crippen molar-refractivity contribution in [2.45, 2.75) is 26.3 Å². The number of imidazole rings is 1. The largest absolute Gasteiger partial charge is 0.366 e. The van der Waals surface area contributed by atoms with E-state index < -0.39 is 0 Å². The van der Waals surface area contributed by atoms with Gasteiger partial charge in [-0.05, 0) is 79.4 Å². The van der Waals surface area contributed by atoms with E-state index in [1.165, 1.54) is 22.4 Å². The number of anilines is 3. The van der Waals surface area contributed by atoms with E-state index in [2.05, 4.69) is 103 Å². The lowest BCUT2D eigenvalue weighted by molar-refractivity contribution is 0.501. The van der Waals surface area contributed by atoms with Crippen molar-refractivity contribution in [2.24, 2.45) is 7.05 Å². The number of nitrogens with one attached hydrogen (secondary N) is 2. The number of piperazine rings is 1. The minimum Gasteiger partial charge on any atom is -0.366 e. The lowest BCUT2D eigenvalue weighted by Crippen LogP contribution is -2.49. The fraction of sp³-hybridized carbons (Fsp3) is 0.276. The summed E-state index contributed by atoms with van der Waals surface area (Å²) in [6.07, 6.45) is 4.37. The van der Waals surface area contributed by atoms with Gasteiger partial charge in [-0.1, -0.05) is 12.1 Å².